The Morgan fingerprint density at radius 3 is 2.62 bits per heavy atom. The van der Waals surface area contributed by atoms with E-state index < -0.39 is 0 Å². The largest absolute Gasteiger partial charge is 0.356 e. The van der Waals surface area contributed by atoms with Gasteiger partial charge in [0.1, 0.15) is 0 Å². The van der Waals surface area contributed by atoms with Crippen LogP contribution >= 0.6 is 0 Å². The van der Waals surface area contributed by atoms with Crippen molar-refractivity contribution < 1.29 is 4.79 Å². The first-order valence-electron chi connectivity index (χ1n) is 5.29. The van der Waals surface area contributed by atoms with Crippen LogP contribution in [0.3, 0.4) is 0 Å². The van der Waals surface area contributed by atoms with Crippen LogP contribution in [0.5, 0.6) is 0 Å². The molecule has 13 heavy (non-hydrogen) atoms. The highest BCUT2D eigenvalue weighted by Crippen LogP contribution is 2.29. The van der Waals surface area contributed by atoms with Crippen LogP contribution in [0.1, 0.15) is 32.1 Å². The molecule has 2 atom stereocenters. The van der Waals surface area contributed by atoms with E-state index in [1.165, 1.54) is 6.42 Å². The molecular formula is C10H18N2O. The molecule has 0 aromatic heterocycles. The van der Waals surface area contributed by atoms with E-state index in [0.29, 0.717) is 17.9 Å². The third kappa shape index (κ3) is 2.44. The lowest BCUT2D eigenvalue weighted by Crippen LogP contribution is -2.30. The summed E-state index contributed by atoms with van der Waals surface area (Å²) in [6, 6.07) is 0.378. The molecule has 74 valence electrons. The number of carbonyl (C=O) groups excluding carboxylic acids is 1. The van der Waals surface area contributed by atoms with Crippen LogP contribution in [-0.4, -0.2) is 18.5 Å². The van der Waals surface area contributed by atoms with Gasteiger partial charge in [-0.15, -0.1) is 0 Å². The molecule has 3 nitrogen and oxygen atoms in total. The Balaban J connectivity index is 1.64. The van der Waals surface area contributed by atoms with Crippen LogP contribution in [0.2, 0.25) is 0 Å². The molecule has 2 saturated carbocycles. The van der Waals surface area contributed by atoms with Crippen molar-refractivity contribution in [2.24, 2.45) is 17.6 Å². The van der Waals surface area contributed by atoms with Crippen molar-refractivity contribution in [1.29, 1.82) is 0 Å². The Kier molecular flexibility index (Phi) is 2.54. The van der Waals surface area contributed by atoms with E-state index in [1.807, 2.05) is 0 Å². The van der Waals surface area contributed by atoms with E-state index in [-0.39, 0.29) is 5.91 Å². The van der Waals surface area contributed by atoms with Crippen molar-refractivity contribution in [2.75, 3.05) is 6.54 Å². The van der Waals surface area contributed by atoms with Gasteiger partial charge in [-0.1, -0.05) is 0 Å². The average molecular weight is 182 g/mol. The number of hydrogen-bond donors (Lipinski definition) is 2. The maximum atomic E-state index is 11.3. The smallest absolute Gasteiger partial charge is 0.223 e. The van der Waals surface area contributed by atoms with Gasteiger partial charge in [-0.3, -0.25) is 4.79 Å². The molecule has 3 N–H and O–H groups in total. The second-order valence-corrected chi connectivity index (χ2v) is 4.46. The van der Waals surface area contributed by atoms with Crippen LogP contribution in [0, 0.1) is 11.8 Å². The molecular weight excluding hydrogens is 164 g/mol. The molecule has 0 radical (unpaired) electrons. The van der Waals surface area contributed by atoms with Gasteiger partial charge >= 0.3 is 0 Å². The molecule has 3 heteroatoms. The molecule has 2 aliphatic rings. The van der Waals surface area contributed by atoms with Crippen molar-refractivity contribution in [1.82, 2.24) is 5.32 Å². The van der Waals surface area contributed by atoms with E-state index in [0.717, 1.165) is 32.2 Å². The normalized spacial score (nSPS) is 33.3. The zero-order valence-corrected chi connectivity index (χ0v) is 7.96. The molecule has 2 fully saturated rings. The Morgan fingerprint density at radius 2 is 2.08 bits per heavy atom. The van der Waals surface area contributed by atoms with Gasteiger partial charge in [0.05, 0.1) is 0 Å². The Hall–Kier alpha value is -0.570. The Bertz CT molecular complexity index is 201. The lowest BCUT2D eigenvalue weighted by molar-refractivity contribution is -0.122. The fraction of sp³-hybridized carbons (Fsp3) is 0.900. The summed E-state index contributed by atoms with van der Waals surface area (Å²) in [5.41, 5.74) is 5.79. The van der Waals surface area contributed by atoms with Gasteiger partial charge in [-0.2, -0.15) is 0 Å². The number of nitrogens with two attached hydrogens (primary N) is 1. The van der Waals surface area contributed by atoms with E-state index in [1.54, 1.807) is 0 Å². The topological polar surface area (TPSA) is 55.1 Å². The standard InChI is InChI=1S/C10H18N2O/c11-9-4-1-7(5-9)6-12-10(13)8-2-3-8/h7-9H,1-6,11H2,(H,12,13). The summed E-state index contributed by atoms with van der Waals surface area (Å²) in [5.74, 6) is 1.24. The molecule has 0 aromatic carbocycles. The van der Waals surface area contributed by atoms with Crippen molar-refractivity contribution in [3.63, 3.8) is 0 Å². The van der Waals surface area contributed by atoms with Crippen LogP contribution in [0.25, 0.3) is 0 Å². The number of amides is 1. The zero-order chi connectivity index (χ0) is 9.26. The van der Waals surface area contributed by atoms with Crippen molar-refractivity contribution in [3.8, 4) is 0 Å². The molecule has 0 aliphatic heterocycles. The van der Waals surface area contributed by atoms with E-state index in [4.69, 9.17) is 5.73 Å². The summed E-state index contributed by atoms with van der Waals surface area (Å²) in [4.78, 5) is 11.3. The molecule has 0 aromatic rings. The van der Waals surface area contributed by atoms with Gasteiger partial charge in [0, 0.05) is 18.5 Å². The van der Waals surface area contributed by atoms with E-state index in [9.17, 15) is 4.79 Å². The number of rotatable bonds is 3. The highest BCUT2D eigenvalue weighted by atomic mass is 16.2. The van der Waals surface area contributed by atoms with E-state index >= 15 is 0 Å². The Morgan fingerprint density at radius 1 is 1.31 bits per heavy atom. The van der Waals surface area contributed by atoms with Gasteiger partial charge in [-0.05, 0) is 38.0 Å². The van der Waals surface area contributed by atoms with Gasteiger partial charge in [-0.25, -0.2) is 0 Å². The minimum absolute atomic E-state index is 0.264. The van der Waals surface area contributed by atoms with Gasteiger partial charge < -0.3 is 11.1 Å². The maximum Gasteiger partial charge on any atom is 0.223 e. The lowest BCUT2D eigenvalue weighted by Gasteiger charge is -2.10. The van der Waals surface area contributed by atoms with Crippen LogP contribution in [0.15, 0.2) is 0 Å². The minimum atomic E-state index is 0.264. The SMILES string of the molecule is NC1CCC(CNC(=O)C2CC2)C1. The van der Waals surface area contributed by atoms with Gasteiger partial charge in [0.25, 0.3) is 0 Å². The number of nitrogens with one attached hydrogen (secondary N) is 1. The van der Waals surface area contributed by atoms with Crippen LogP contribution in [-0.2, 0) is 4.79 Å². The number of carbonyl (C=O) groups is 1. The molecule has 0 saturated heterocycles. The summed E-state index contributed by atoms with van der Waals surface area (Å²) in [7, 11) is 0. The van der Waals surface area contributed by atoms with E-state index in [2.05, 4.69) is 5.32 Å². The van der Waals surface area contributed by atoms with Crippen LogP contribution < -0.4 is 11.1 Å². The predicted octanol–water partition coefficient (Wildman–Crippen LogP) is 0.640. The third-order valence-electron chi connectivity index (χ3n) is 3.09. The third-order valence-corrected chi connectivity index (χ3v) is 3.09. The lowest BCUT2D eigenvalue weighted by atomic mass is 10.1. The monoisotopic (exact) mass is 182 g/mol. The Labute approximate surface area is 79.1 Å². The summed E-state index contributed by atoms with van der Waals surface area (Å²) in [6.45, 7) is 0.850. The molecule has 2 unspecified atom stereocenters. The van der Waals surface area contributed by atoms with Crippen molar-refractivity contribution >= 4 is 5.91 Å². The fourth-order valence-corrected chi connectivity index (χ4v) is 2.03. The van der Waals surface area contributed by atoms with Crippen LogP contribution in [0.4, 0.5) is 0 Å². The summed E-state index contributed by atoms with van der Waals surface area (Å²) in [5, 5.41) is 3.01. The first-order valence-corrected chi connectivity index (χ1v) is 5.29. The summed E-state index contributed by atoms with van der Waals surface area (Å²) >= 11 is 0. The average Bonchev–Trinajstić information content (AvgIpc) is 2.87. The van der Waals surface area contributed by atoms with Gasteiger partial charge in [0.15, 0.2) is 0 Å². The molecule has 0 spiro atoms. The molecule has 2 aliphatic carbocycles. The van der Waals surface area contributed by atoms with Gasteiger partial charge in [0.2, 0.25) is 5.91 Å². The fourth-order valence-electron chi connectivity index (χ4n) is 2.03. The highest BCUT2D eigenvalue weighted by Gasteiger charge is 2.30. The molecule has 0 heterocycles. The second kappa shape index (κ2) is 3.66. The van der Waals surface area contributed by atoms with Crippen molar-refractivity contribution in [3.05, 3.63) is 0 Å². The molecule has 2 rings (SSSR count). The second-order valence-electron chi connectivity index (χ2n) is 4.46. The predicted molar refractivity (Wildman–Crippen MR) is 51.1 cm³/mol. The summed E-state index contributed by atoms with van der Waals surface area (Å²) < 4.78 is 0. The quantitative estimate of drug-likeness (QED) is 0.673. The first kappa shape index (κ1) is 9.00. The summed E-state index contributed by atoms with van der Waals surface area (Å²) in [6.07, 6.45) is 5.59. The molecule has 1 amide bonds. The highest BCUT2D eigenvalue weighted by molar-refractivity contribution is 5.80. The first-order chi connectivity index (χ1) is 6.25. The zero-order valence-electron chi connectivity index (χ0n) is 7.96. The van der Waals surface area contributed by atoms with Crippen molar-refractivity contribution in [2.45, 2.75) is 38.1 Å². The maximum absolute atomic E-state index is 11.3. The number of hydrogen-bond acceptors (Lipinski definition) is 2. The molecule has 0 bridgehead atoms. The minimum Gasteiger partial charge on any atom is -0.356 e.